The van der Waals surface area contributed by atoms with Crippen molar-refractivity contribution in [2.45, 2.75) is 18.9 Å². The van der Waals surface area contributed by atoms with Crippen LogP contribution in [0.4, 0.5) is 0 Å². The molecule has 0 spiro atoms. The summed E-state index contributed by atoms with van der Waals surface area (Å²) in [5, 5.41) is 3.10. The second kappa shape index (κ2) is 8.69. The third-order valence-corrected chi connectivity index (χ3v) is 5.26. The fourth-order valence-electron chi connectivity index (χ4n) is 3.59. The molecule has 29 heavy (non-hydrogen) atoms. The number of nitrogens with zero attached hydrogens (tertiary/aromatic N) is 2. The average Bonchev–Trinajstić information content (AvgIpc) is 2.80. The van der Waals surface area contributed by atoms with Crippen LogP contribution in [0.5, 0.6) is 0 Å². The van der Waals surface area contributed by atoms with E-state index in [4.69, 9.17) is 0 Å². The molecule has 0 unspecified atom stereocenters. The Balaban J connectivity index is 1.31. The van der Waals surface area contributed by atoms with Gasteiger partial charge in [-0.2, -0.15) is 0 Å². The van der Waals surface area contributed by atoms with E-state index in [0.717, 1.165) is 24.0 Å². The van der Waals surface area contributed by atoms with Crippen LogP contribution in [0.2, 0.25) is 0 Å². The van der Waals surface area contributed by atoms with Crippen molar-refractivity contribution in [3.63, 3.8) is 0 Å². The minimum atomic E-state index is -0.0703. The predicted molar refractivity (Wildman–Crippen MR) is 113 cm³/mol. The van der Waals surface area contributed by atoms with Crippen molar-refractivity contribution in [1.82, 2.24) is 15.2 Å². The molecule has 2 amide bonds. The summed E-state index contributed by atoms with van der Waals surface area (Å²) in [7, 11) is 0. The second-order valence-electron chi connectivity index (χ2n) is 7.20. The predicted octanol–water partition coefficient (Wildman–Crippen LogP) is 3.78. The highest BCUT2D eigenvalue weighted by Crippen LogP contribution is 2.20. The van der Waals surface area contributed by atoms with Crippen LogP contribution < -0.4 is 5.32 Å². The van der Waals surface area contributed by atoms with Crippen LogP contribution in [-0.2, 0) is 0 Å². The molecule has 5 heteroatoms. The van der Waals surface area contributed by atoms with Crippen LogP contribution in [0.1, 0.15) is 33.7 Å². The molecule has 5 nitrogen and oxygen atoms in total. The van der Waals surface area contributed by atoms with E-state index in [9.17, 15) is 9.59 Å². The zero-order chi connectivity index (χ0) is 20.1. The molecule has 0 radical (unpaired) electrons. The van der Waals surface area contributed by atoms with Gasteiger partial charge >= 0.3 is 0 Å². The largest absolute Gasteiger partial charge is 0.349 e. The SMILES string of the molecule is O=C(NC1CCN(C(=O)c2ccccn2)CC1)c1ccc(-c2ccccc2)cc1. The van der Waals surface area contributed by atoms with Crippen LogP contribution in [0.15, 0.2) is 79.0 Å². The standard InChI is InChI=1S/C24H23N3O2/c28-23(20-11-9-19(10-12-20)18-6-2-1-3-7-18)26-21-13-16-27(17-14-21)24(29)22-8-4-5-15-25-22/h1-12,15,21H,13-14,16-17H2,(H,26,28). The molecule has 0 bridgehead atoms. The Morgan fingerprint density at radius 3 is 2.14 bits per heavy atom. The molecule has 0 saturated carbocycles. The van der Waals surface area contributed by atoms with Crippen LogP contribution in [0.25, 0.3) is 11.1 Å². The van der Waals surface area contributed by atoms with E-state index in [1.807, 2.05) is 48.5 Å². The van der Waals surface area contributed by atoms with Crippen molar-refractivity contribution in [2.75, 3.05) is 13.1 Å². The van der Waals surface area contributed by atoms with Crippen molar-refractivity contribution >= 4 is 11.8 Å². The number of amides is 2. The van der Waals surface area contributed by atoms with Crippen molar-refractivity contribution in [1.29, 1.82) is 0 Å². The number of hydrogen-bond donors (Lipinski definition) is 1. The normalized spacial score (nSPS) is 14.4. The summed E-state index contributed by atoms with van der Waals surface area (Å²) in [6, 6.07) is 23.2. The van der Waals surface area contributed by atoms with Crippen molar-refractivity contribution in [3.8, 4) is 11.1 Å². The lowest BCUT2D eigenvalue weighted by molar-refractivity contribution is 0.0692. The molecule has 1 saturated heterocycles. The van der Waals surface area contributed by atoms with Gasteiger partial charge in [-0.3, -0.25) is 14.6 Å². The summed E-state index contributed by atoms with van der Waals surface area (Å²) < 4.78 is 0. The van der Waals surface area contributed by atoms with Gasteiger partial charge in [-0.15, -0.1) is 0 Å². The second-order valence-corrected chi connectivity index (χ2v) is 7.20. The summed E-state index contributed by atoms with van der Waals surface area (Å²) in [4.78, 5) is 31.0. The quantitative estimate of drug-likeness (QED) is 0.743. The lowest BCUT2D eigenvalue weighted by Crippen LogP contribution is -2.46. The molecule has 1 N–H and O–H groups in total. The fourth-order valence-corrected chi connectivity index (χ4v) is 3.59. The first-order valence-electron chi connectivity index (χ1n) is 9.87. The molecule has 146 valence electrons. The summed E-state index contributed by atoms with van der Waals surface area (Å²) in [5.41, 5.74) is 3.33. The van der Waals surface area contributed by atoms with Crippen LogP contribution in [-0.4, -0.2) is 40.8 Å². The Bertz CT molecular complexity index is 964. The van der Waals surface area contributed by atoms with Gasteiger partial charge in [-0.1, -0.05) is 48.5 Å². The minimum Gasteiger partial charge on any atom is -0.349 e. The molecular weight excluding hydrogens is 362 g/mol. The van der Waals surface area contributed by atoms with E-state index in [1.165, 1.54) is 0 Å². The molecule has 0 atom stereocenters. The molecule has 2 heterocycles. The number of likely N-dealkylation sites (tertiary alicyclic amines) is 1. The van der Waals surface area contributed by atoms with Gasteiger partial charge in [0.25, 0.3) is 11.8 Å². The first-order chi connectivity index (χ1) is 14.2. The average molecular weight is 385 g/mol. The topological polar surface area (TPSA) is 62.3 Å². The molecule has 4 rings (SSSR count). The van der Waals surface area contributed by atoms with Gasteiger partial charge < -0.3 is 10.2 Å². The number of rotatable bonds is 4. The molecule has 3 aromatic rings. The summed E-state index contributed by atoms with van der Waals surface area (Å²) in [6.07, 6.45) is 3.11. The van der Waals surface area contributed by atoms with Gasteiger partial charge in [0.15, 0.2) is 0 Å². The van der Waals surface area contributed by atoms with Gasteiger partial charge in [0.2, 0.25) is 0 Å². The van der Waals surface area contributed by atoms with Crippen molar-refractivity contribution < 1.29 is 9.59 Å². The highest BCUT2D eigenvalue weighted by molar-refractivity contribution is 5.95. The maximum absolute atomic E-state index is 12.6. The van der Waals surface area contributed by atoms with Crippen LogP contribution in [0.3, 0.4) is 0 Å². The number of piperidine rings is 1. The number of pyridine rings is 1. The Morgan fingerprint density at radius 1 is 0.828 bits per heavy atom. The number of hydrogen-bond acceptors (Lipinski definition) is 3. The lowest BCUT2D eigenvalue weighted by atomic mass is 10.0. The van der Waals surface area contributed by atoms with E-state index < -0.39 is 0 Å². The Labute approximate surface area is 170 Å². The smallest absolute Gasteiger partial charge is 0.272 e. The zero-order valence-electron chi connectivity index (χ0n) is 16.1. The molecule has 0 aliphatic carbocycles. The Hall–Kier alpha value is -3.47. The molecule has 1 aromatic heterocycles. The lowest BCUT2D eigenvalue weighted by Gasteiger charge is -2.32. The molecule has 1 aliphatic rings. The van der Waals surface area contributed by atoms with Gasteiger partial charge in [0.1, 0.15) is 5.69 Å². The van der Waals surface area contributed by atoms with Gasteiger partial charge in [-0.05, 0) is 48.2 Å². The van der Waals surface area contributed by atoms with E-state index in [1.54, 1.807) is 23.2 Å². The maximum atomic E-state index is 12.6. The van der Waals surface area contributed by atoms with Crippen LogP contribution >= 0.6 is 0 Å². The summed E-state index contributed by atoms with van der Waals surface area (Å²) in [6.45, 7) is 1.24. The highest BCUT2D eigenvalue weighted by Gasteiger charge is 2.25. The molecule has 2 aromatic carbocycles. The molecule has 1 fully saturated rings. The van der Waals surface area contributed by atoms with Crippen molar-refractivity contribution in [3.05, 3.63) is 90.3 Å². The third kappa shape index (κ3) is 4.51. The third-order valence-electron chi connectivity index (χ3n) is 5.26. The van der Waals surface area contributed by atoms with Gasteiger partial charge in [0, 0.05) is 30.9 Å². The van der Waals surface area contributed by atoms with Crippen molar-refractivity contribution in [2.24, 2.45) is 0 Å². The van der Waals surface area contributed by atoms with Crippen LogP contribution in [0, 0.1) is 0 Å². The van der Waals surface area contributed by atoms with E-state index >= 15 is 0 Å². The fraction of sp³-hybridized carbons (Fsp3) is 0.208. The monoisotopic (exact) mass is 385 g/mol. The number of carbonyl (C=O) groups excluding carboxylic acids is 2. The molecule has 1 aliphatic heterocycles. The minimum absolute atomic E-state index is 0.0492. The summed E-state index contributed by atoms with van der Waals surface area (Å²) in [5.74, 6) is -0.119. The number of carbonyl (C=O) groups is 2. The highest BCUT2D eigenvalue weighted by atomic mass is 16.2. The Morgan fingerprint density at radius 2 is 1.48 bits per heavy atom. The van der Waals surface area contributed by atoms with E-state index in [0.29, 0.717) is 24.3 Å². The van der Waals surface area contributed by atoms with Gasteiger partial charge in [-0.25, -0.2) is 0 Å². The summed E-state index contributed by atoms with van der Waals surface area (Å²) >= 11 is 0. The molecular formula is C24H23N3O2. The van der Waals surface area contributed by atoms with E-state index in [2.05, 4.69) is 22.4 Å². The van der Waals surface area contributed by atoms with E-state index in [-0.39, 0.29) is 17.9 Å². The number of benzene rings is 2. The van der Waals surface area contributed by atoms with Gasteiger partial charge in [0.05, 0.1) is 0 Å². The zero-order valence-corrected chi connectivity index (χ0v) is 16.1. The number of nitrogens with one attached hydrogen (secondary N) is 1. The first-order valence-corrected chi connectivity index (χ1v) is 9.87. The maximum Gasteiger partial charge on any atom is 0.272 e. The first kappa shape index (κ1) is 18.9. The number of aromatic nitrogens is 1. The Kier molecular flexibility index (Phi) is 5.66.